The lowest BCUT2D eigenvalue weighted by Crippen LogP contribution is -2.60. The highest BCUT2D eigenvalue weighted by atomic mass is 19.2. The molecule has 2 fully saturated rings. The zero-order chi connectivity index (χ0) is 22.1. The molecule has 5 unspecified atom stereocenters. The van der Waals surface area contributed by atoms with Crippen LogP contribution >= 0.6 is 0 Å². The first-order valence-electron chi connectivity index (χ1n) is 9.93. The van der Waals surface area contributed by atoms with Gasteiger partial charge in [0.2, 0.25) is 5.91 Å². The van der Waals surface area contributed by atoms with Crippen LogP contribution in [0.3, 0.4) is 0 Å². The molecule has 164 valence electrons. The number of hydrogen-bond acceptors (Lipinski definition) is 6. The van der Waals surface area contributed by atoms with Crippen LogP contribution in [-0.4, -0.2) is 60.0 Å². The topological polar surface area (TPSA) is 114 Å². The van der Waals surface area contributed by atoms with Gasteiger partial charge in [0.1, 0.15) is 0 Å². The number of likely N-dealkylation sites (tertiary alicyclic amines) is 1. The summed E-state index contributed by atoms with van der Waals surface area (Å²) in [5.41, 5.74) is 4.24. The summed E-state index contributed by atoms with van der Waals surface area (Å²) in [5.74, 6) is -1.75. The SMILES string of the molecule is CCOC(=O)NC1CN(C2(c3ccccc3)C(C(C)C(N)=O)OC(=O)N2F)CC1C. The lowest BCUT2D eigenvalue weighted by Gasteiger charge is -2.43. The Balaban J connectivity index is 2.04. The maximum Gasteiger partial charge on any atom is 0.440 e. The summed E-state index contributed by atoms with van der Waals surface area (Å²) >= 11 is 0. The third-order valence-corrected chi connectivity index (χ3v) is 5.86. The van der Waals surface area contributed by atoms with Crippen molar-refractivity contribution in [3.8, 4) is 0 Å². The van der Waals surface area contributed by atoms with Crippen LogP contribution in [0.5, 0.6) is 0 Å². The minimum absolute atomic E-state index is 0.0336. The number of primary amides is 1. The molecule has 9 nitrogen and oxygen atoms in total. The van der Waals surface area contributed by atoms with E-state index in [1.54, 1.807) is 42.2 Å². The van der Waals surface area contributed by atoms with Gasteiger partial charge in [0, 0.05) is 19.1 Å². The Hall–Kier alpha value is -2.88. The second-order valence-electron chi connectivity index (χ2n) is 7.72. The fourth-order valence-electron chi connectivity index (χ4n) is 4.29. The second-order valence-corrected chi connectivity index (χ2v) is 7.72. The van der Waals surface area contributed by atoms with Crippen molar-refractivity contribution in [2.45, 2.75) is 38.6 Å². The maximum atomic E-state index is 15.5. The third-order valence-electron chi connectivity index (χ3n) is 5.86. The minimum atomic E-state index is -1.70. The van der Waals surface area contributed by atoms with E-state index in [1.165, 1.54) is 6.92 Å². The summed E-state index contributed by atoms with van der Waals surface area (Å²) in [6.07, 6.45) is -2.93. The predicted molar refractivity (Wildman–Crippen MR) is 104 cm³/mol. The van der Waals surface area contributed by atoms with Crippen molar-refractivity contribution in [3.63, 3.8) is 0 Å². The number of hydrogen-bond donors (Lipinski definition) is 2. The molecule has 2 aliphatic rings. The number of nitrogens with zero attached hydrogens (tertiary/aromatic N) is 2. The zero-order valence-electron chi connectivity index (χ0n) is 17.2. The van der Waals surface area contributed by atoms with Crippen molar-refractivity contribution in [2.75, 3.05) is 19.7 Å². The largest absolute Gasteiger partial charge is 0.450 e. The van der Waals surface area contributed by atoms with E-state index in [0.29, 0.717) is 12.1 Å². The molecule has 1 aromatic carbocycles. The molecule has 5 atom stereocenters. The van der Waals surface area contributed by atoms with Crippen LogP contribution in [0.25, 0.3) is 0 Å². The Morgan fingerprint density at radius 1 is 1.37 bits per heavy atom. The molecule has 0 aromatic heterocycles. The molecule has 30 heavy (non-hydrogen) atoms. The summed E-state index contributed by atoms with van der Waals surface area (Å²) < 4.78 is 25.8. The average Bonchev–Trinajstić information content (AvgIpc) is 3.20. The molecule has 3 rings (SSSR count). The van der Waals surface area contributed by atoms with E-state index >= 15 is 4.48 Å². The summed E-state index contributed by atoms with van der Waals surface area (Å²) in [5, 5.41) is 2.82. The molecule has 0 spiro atoms. The Morgan fingerprint density at radius 3 is 2.63 bits per heavy atom. The van der Waals surface area contributed by atoms with Crippen LogP contribution in [0, 0.1) is 11.8 Å². The average molecular weight is 422 g/mol. The van der Waals surface area contributed by atoms with Gasteiger partial charge in [-0.25, -0.2) is 9.59 Å². The first-order valence-corrected chi connectivity index (χ1v) is 9.93. The molecule has 1 aromatic rings. The number of benzene rings is 1. The lowest BCUT2D eigenvalue weighted by atomic mass is 9.85. The number of cyclic esters (lactones) is 1. The van der Waals surface area contributed by atoms with E-state index in [-0.39, 0.29) is 30.2 Å². The molecule has 0 aliphatic carbocycles. The van der Waals surface area contributed by atoms with Crippen LogP contribution in [0.15, 0.2) is 30.3 Å². The van der Waals surface area contributed by atoms with Gasteiger partial charge in [-0.05, 0) is 25.3 Å². The van der Waals surface area contributed by atoms with Crippen molar-refractivity contribution in [1.82, 2.24) is 15.3 Å². The van der Waals surface area contributed by atoms with Crippen molar-refractivity contribution >= 4 is 18.1 Å². The fourth-order valence-corrected chi connectivity index (χ4v) is 4.29. The van der Waals surface area contributed by atoms with Crippen LogP contribution in [0.2, 0.25) is 0 Å². The summed E-state index contributed by atoms with van der Waals surface area (Å²) in [6.45, 7) is 5.89. The first kappa shape index (κ1) is 21.8. The van der Waals surface area contributed by atoms with E-state index in [4.69, 9.17) is 15.2 Å². The van der Waals surface area contributed by atoms with E-state index < -0.39 is 35.8 Å². The molecule has 0 radical (unpaired) electrons. The molecule has 3 N–H and O–H groups in total. The van der Waals surface area contributed by atoms with Crippen molar-refractivity contribution in [1.29, 1.82) is 0 Å². The number of ether oxygens (including phenoxy) is 2. The summed E-state index contributed by atoms with van der Waals surface area (Å²) in [4.78, 5) is 38.0. The molecule has 2 heterocycles. The van der Waals surface area contributed by atoms with E-state index in [2.05, 4.69) is 5.32 Å². The predicted octanol–water partition coefficient (Wildman–Crippen LogP) is 1.73. The smallest absolute Gasteiger partial charge is 0.440 e. The van der Waals surface area contributed by atoms with Gasteiger partial charge in [0.05, 0.1) is 12.5 Å². The quantitative estimate of drug-likeness (QED) is 0.675. The van der Waals surface area contributed by atoms with Crippen LogP contribution in [0.4, 0.5) is 14.1 Å². The van der Waals surface area contributed by atoms with Gasteiger partial charge < -0.3 is 20.5 Å². The standard InChI is InChI=1S/C20H27FN4O5/c1-4-29-18(27)23-15-11-24(10-12(15)2)20(14-8-6-5-7-9-14)16(13(3)17(22)26)30-19(28)25(20)21/h5-9,12-13,15-16H,4,10-11H2,1-3H3,(H2,22,26)(H,23,27). The minimum Gasteiger partial charge on any atom is -0.450 e. The third kappa shape index (κ3) is 3.55. The molecule has 0 saturated carbocycles. The number of nitrogens with two attached hydrogens (primary N) is 1. The fraction of sp³-hybridized carbons (Fsp3) is 0.550. The normalized spacial score (nSPS) is 30.1. The number of carbonyl (C=O) groups is 3. The first-order chi connectivity index (χ1) is 14.2. The second kappa shape index (κ2) is 8.47. The maximum absolute atomic E-state index is 15.5. The highest BCUT2D eigenvalue weighted by molar-refractivity contribution is 5.79. The molecule has 10 heteroatoms. The monoisotopic (exact) mass is 422 g/mol. The van der Waals surface area contributed by atoms with Gasteiger partial charge in [-0.3, -0.25) is 9.69 Å². The van der Waals surface area contributed by atoms with Crippen molar-refractivity contribution in [3.05, 3.63) is 35.9 Å². The Morgan fingerprint density at radius 2 is 2.03 bits per heavy atom. The number of alkyl carbamates (subject to hydrolysis) is 1. The molecule has 0 bridgehead atoms. The summed E-state index contributed by atoms with van der Waals surface area (Å²) in [7, 11) is 0. The van der Waals surface area contributed by atoms with Gasteiger partial charge >= 0.3 is 12.2 Å². The van der Waals surface area contributed by atoms with Gasteiger partial charge in [-0.1, -0.05) is 41.7 Å². The number of halogens is 1. The van der Waals surface area contributed by atoms with Crippen molar-refractivity contribution < 1.29 is 28.3 Å². The molecular formula is C20H27FN4O5. The molecule has 3 amide bonds. The van der Waals surface area contributed by atoms with Gasteiger partial charge in [-0.2, -0.15) is 0 Å². The Labute approximate surface area is 174 Å². The molecular weight excluding hydrogens is 395 g/mol. The molecule has 2 saturated heterocycles. The number of nitrogens with one attached hydrogen (secondary N) is 1. The van der Waals surface area contributed by atoms with Gasteiger partial charge in [0.25, 0.3) is 0 Å². The van der Waals surface area contributed by atoms with Crippen LogP contribution < -0.4 is 11.1 Å². The number of rotatable bonds is 6. The van der Waals surface area contributed by atoms with Gasteiger partial charge in [-0.15, -0.1) is 5.12 Å². The van der Waals surface area contributed by atoms with E-state index in [9.17, 15) is 14.4 Å². The number of carbonyl (C=O) groups excluding carboxylic acids is 3. The summed E-state index contributed by atoms with van der Waals surface area (Å²) in [6, 6.07) is 8.19. The van der Waals surface area contributed by atoms with Crippen LogP contribution in [-0.2, 0) is 19.9 Å². The highest BCUT2D eigenvalue weighted by Gasteiger charge is 2.65. The Bertz CT molecular complexity index is 810. The molecule has 2 aliphatic heterocycles. The lowest BCUT2D eigenvalue weighted by molar-refractivity contribution is -0.147. The zero-order valence-corrected chi connectivity index (χ0v) is 17.2. The Kier molecular flexibility index (Phi) is 6.16. The van der Waals surface area contributed by atoms with Crippen LogP contribution in [0.1, 0.15) is 26.3 Å². The van der Waals surface area contributed by atoms with Gasteiger partial charge in [0.15, 0.2) is 11.8 Å². The van der Waals surface area contributed by atoms with E-state index in [0.717, 1.165) is 0 Å². The highest BCUT2D eigenvalue weighted by Crippen LogP contribution is 2.47. The van der Waals surface area contributed by atoms with E-state index in [1.807, 2.05) is 6.92 Å². The van der Waals surface area contributed by atoms with Crippen molar-refractivity contribution in [2.24, 2.45) is 17.6 Å². The number of amides is 3.